The second-order valence-corrected chi connectivity index (χ2v) is 6.12. The maximum Gasteiger partial charge on any atom is 0.211 e. The number of morpholine rings is 1. The molecule has 1 aliphatic heterocycles. The Bertz CT molecular complexity index is 286. The molecule has 0 aromatic carbocycles. The van der Waals surface area contributed by atoms with E-state index in [0.717, 1.165) is 32.8 Å². The first-order valence-electron chi connectivity index (χ1n) is 5.83. The summed E-state index contributed by atoms with van der Waals surface area (Å²) in [6, 6.07) is -0.0327. The smallest absolute Gasteiger partial charge is 0.211 e. The predicted molar refractivity (Wildman–Crippen MR) is 63.9 cm³/mol. The van der Waals surface area contributed by atoms with Crippen molar-refractivity contribution in [2.75, 3.05) is 38.6 Å². The van der Waals surface area contributed by atoms with Crippen LogP contribution in [0.5, 0.6) is 0 Å². The van der Waals surface area contributed by atoms with Crippen LogP contribution >= 0.6 is 0 Å². The van der Waals surface area contributed by atoms with Gasteiger partial charge in [-0.2, -0.15) is 0 Å². The van der Waals surface area contributed by atoms with E-state index >= 15 is 0 Å². The zero-order valence-corrected chi connectivity index (χ0v) is 10.9. The quantitative estimate of drug-likeness (QED) is 0.723. The molecule has 0 aromatic rings. The first-order valence-corrected chi connectivity index (χ1v) is 7.49. The molecule has 0 saturated carbocycles. The van der Waals surface area contributed by atoms with Crippen molar-refractivity contribution in [3.05, 3.63) is 0 Å². The van der Waals surface area contributed by atoms with Crippen molar-refractivity contribution in [1.29, 1.82) is 0 Å². The molecule has 1 heterocycles. The minimum atomic E-state index is -3.09. The van der Waals surface area contributed by atoms with E-state index in [4.69, 9.17) is 4.74 Å². The van der Waals surface area contributed by atoms with E-state index in [0.29, 0.717) is 6.42 Å². The number of sulfonamides is 1. The van der Waals surface area contributed by atoms with Gasteiger partial charge >= 0.3 is 0 Å². The highest BCUT2D eigenvalue weighted by Crippen LogP contribution is 2.00. The van der Waals surface area contributed by atoms with E-state index in [1.54, 1.807) is 0 Å². The summed E-state index contributed by atoms with van der Waals surface area (Å²) < 4.78 is 31.0. The molecule has 0 spiro atoms. The first-order chi connectivity index (χ1) is 7.53. The molecule has 0 radical (unpaired) electrons. The highest BCUT2D eigenvalue weighted by Gasteiger charge is 2.17. The number of hydrogen-bond donors (Lipinski definition) is 1. The van der Waals surface area contributed by atoms with Crippen LogP contribution < -0.4 is 4.72 Å². The van der Waals surface area contributed by atoms with Crippen molar-refractivity contribution in [2.24, 2.45) is 0 Å². The van der Waals surface area contributed by atoms with Crippen LogP contribution in [0, 0.1) is 0 Å². The van der Waals surface area contributed by atoms with Crippen LogP contribution in [0.4, 0.5) is 0 Å². The Kier molecular flexibility index (Phi) is 5.68. The molecule has 1 saturated heterocycles. The van der Waals surface area contributed by atoms with Gasteiger partial charge in [-0.05, 0) is 13.3 Å². The summed E-state index contributed by atoms with van der Waals surface area (Å²) in [4.78, 5) is 2.22. The lowest BCUT2D eigenvalue weighted by Crippen LogP contribution is -2.46. The summed E-state index contributed by atoms with van der Waals surface area (Å²) in [7, 11) is -3.09. The summed E-state index contributed by atoms with van der Waals surface area (Å²) in [5, 5.41) is 0. The Balaban J connectivity index is 2.31. The van der Waals surface area contributed by atoms with Gasteiger partial charge in [-0.25, -0.2) is 13.1 Å². The number of hydrogen-bond acceptors (Lipinski definition) is 4. The minimum Gasteiger partial charge on any atom is -0.379 e. The fourth-order valence-electron chi connectivity index (χ4n) is 1.84. The van der Waals surface area contributed by atoms with Gasteiger partial charge in [0.2, 0.25) is 10.0 Å². The Morgan fingerprint density at radius 1 is 1.38 bits per heavy atom. The fraction of sp³-hybridized carbons (Fsp3) is 1.00. The average Bonchev–Trinajstić information content (AvgIpc) is 2.17. The van der Waals surface area contributed by atoms with Crippen LogP contribution in [-0.4, -0.2) is 58.0 Å². The molecule has 1 aliphatic rings. The summed E-state index contributed by atoms with van der Waals surface area (Å²) in [5.74, 6) is 0.209. The zero-order valence-electron chi connectivity index (χ0n) is 10.1. The van der Waals surface area contributed by atoms with Crippen molar-refractivity contribution in [3.8, 4) is 0 Å². The van der Waals surface area contributed by atoms with E-state index < -0.39 is 10.0 Å². The van der Waals surface area contributed by atoms with Crippen molar-refractivity contribution < 1.29 is 13.2 Å². The van der Waals surface area contributed by atoms with E-state index in [9.17, 15) is 8.42 Å². The van der Waals surface area contributed by atoms with E-state index in [1.165, 1.54) is 0 Å². The standard InChI is InChI=1S/C10H22N2O3S/c1-3-8-16(13,14)11-10(2)9-12-4-6-15-7-5-12/h10-11H,3-9H2,1-2H3. The van der Waals surface area contributed by atoms with Gasteiger partial charge in [-0.1, -0.05) is 6.92 Å². The second-order valence-electron chi connectivity index (χ2n) is 4.25. The zero-order chi connectivity index (χ0) is 12.0. The molecule has 0 aliphatic carbocycles. The molecule has 1 rings (SSSR count). The third-order valence-corrected chi connectivity index (χ3v) is 4.20. The maximum absolute atomic E-state index is 11.5. The Morgan fingerprint density at radius 2 is 2.00 bits per heavy atom. The largest absolute Gasteiger partial charge is 0.379 e. The van der Waals surface area contributed by atoms with Gasteiger partial charge in [-0.3, -0.25) is 4.90 Å². The van der Waals surface area contributed by atoms with Crippen molar-refractivity contribution in [1.82, 2.24) is 9.62 Å². The van der Waals surface area contributed by atoms with Gasteiger partial charge in [-0.15, -0.1) is 0 Å². The fourth-order valence-corrected chi connectivity index (χ4v) is 3.19. The van der Waals surface area contributed by atoms with Gasteiger partial charge < -0.3 is 4.74 Å². The van der Waals surface area contributed by atoms with Gasteiger partial charge in [0.25, 0.3) is 0 Å². The maximum atomic E-state index is 11.5. The number of rotatable bonds is 6. The van der Waals surface area contributed by atoms with Gasteiger partial charge in [0.1, 0.15) is 0 Å². The van der Waals surface area contributed by atoms with Crippen LogP contribution in [-0.2, 0) is 14.8 Å². The topological polar surface area (TPSA) is 58.6 Å². The van der Waals surface area contributed by atoms with Crippen LogP contribution in [0.2, 0.25) is 0 Å². The lowest BCUT2D eigenvalue weighted by Gasteiger charge is -2.29. The number of nitrogens with zero attached hydrogens (tertiary/aromatic N) is 1. The van der Waals surface area contributed by atoms with Crippen LogP contribution in [0.3, 0.4) is 0 Å². The number of ether oxygens (including phenoxy) is 1. The lowest BCUT2D eigenvalue weighted by atomic mass is 10.3. The SMILES string of the molecule is CCCS(=O)(=O)NC(C)CN1CCOCC1. The first kappa shape index (κ1) is 13.9. The molecule has 1 N–H and O–H groups in total. The Hall–Kier alpha value is -0.170. The minimum absolute atomic E-state index is 0.0327. The van der Waals surface area contributed by atoms with Gasteiger partial charge in [0.05, 0.1) is 19.0 Å². The molecule has 6 heteroatoms. The molecule has 96 valence electrons. The molecular formula is C10H22N2O3S. The molecule has 1 unspecified atom stereocenters. The number of nitrogens with one attached hydrogen (secondary N) is 1. The van der Waals surface area contributed by atoms with E-state index in [2.05, 4.69) is 9.62 Å². The van der Waals surface area contributed by atoms with Crippen LogP contribution in [0.15, 0.2) is 0 Å². The molecule has 0 amide bonds. The highest BCUT2D eigenvalue weighted by atomic mass is 32.2. The van der Waals surface area contributed by atoms with E-state index in [-0.39, 0.29) is 11.8 Å². The molecular weight excluding hydrogens is 228 g/mol. The summed E-state index contributed by atoms with van der Waals surface area (Å²) >= 11 is 0. The van der Waals surface area contributed by atoms with Crippen molar-refractivity contribution in [3.63, 3.8) is 0 Å². The van der Waals surface area contributed by atoms with Gasteiger partial charge in [0.15, 0.2) is 0 Å². The third-order valence-electron chi connectivity index (χ3n) is 2.49. The van der Waals surface area contributed by atoms with Crippen LogP contribution in [0.1, 0.15) is 20.3 Å². The molecule has 16 heavy (non-hydrogen) atoms. The molecule has 1 atom stereocenters. The summed E-state index contributed by atoms with van der Waals surface area (Å²) in [5.41, 5.74) is 0. The monoisotopic (exact) mass is 250 g/mol. The van der Waals surface area contributed by atoms with Crippen molar-refractivity contribution in [2.45, 2.75) is 26.3 Å². The average molecular weight is 250 g/mol. The normalized spacial score (nSPS) is 20.9. The van der Waals surface area contributed by atoms with Crippen molar-refractivity contribution >= 4 is 10.0 Å². The summed E-state index contributed by atoms with van der Waals surface area (Å²) in [6.45, 7) is 7.80. The molecule has 1 fully saturated rings. The molecule has 0 aromatic heterocycles. The Labute approximate surface area is 98.2 Å². The second kappa shape index (κ2) is 6.54. The molecule has 0 bridgehead atoms. The molecule has 5 nitrogen and oxygen atoms in total. The predicted octanol–water partition coefficient (Wildman–Crippen LogP) is 0.0365. The Morgan fingerprint density at radius 3 is 2.56 bits per heavy atom. The van der Waals surface area contributed by atoms with Crippen LogP contribution in [0.25, 0.3) is 0 Å². The summed E-state index contributed by atoms with van der Waals surface area (Å²) in [6.07, 6.45) is 0.652. The van der Waals surface area contributed by atoms with E-state index in [1.807, 2.05) is 13.8 Å². The lowest BCUT2D eigenvalue weighted by molar-refractivity contribution is 0.0354. The highest BCUT2D eigenvalue weighted by molar-refractivity contribution is 7.89. The third kappa shape index (κ3) is 5.25. The van der Waals surface area contributed by atoms with Gasteiger partial charge in [0, 0.05) is 25.7 Å².